The fourth-order valence-electron chi connectivity index (χ4n) is 6.35. The maximum absolute atomic E-state index is 6.27. The summed E-state index contributed by atoms with van der Waals surface area (Å²) in [6.45, 7) is 16.1. The molecule has 3 aromatic carbocycles. The van der Waals surface area contributed by atoms with Crippen molar-refractivity contribution in [3.63, 3.8) is 0 Å². The van der Waals surface area contributed by atoms with E-state index in [0.717, 1.165) is 5.75 Å². The quantitative estimate of drug-likeness (QED) is 0.201. The molecule has 2 aromatic heterocycles. The van der Waals surface area contributed by atoms with Crippen molar-refractivity contribution in [3.05, 3.63) is 77.5 Å². The van der Waals surface area contributed by atoms with Crippen LogP contribution < -0.4 is 9.30 Å². The number of fused-ring (bicyclic) bond motifs is 3. The van der Waals surface area contributed by atoms with Gasteiger partial charge in [-0.05, 0) is 32.9 Å². The summed E-state index contributed by atoms with van der Waals surface area (Å²) in [6.07, 6.45) is 0.129. The van der Waals surface area contributed by atoms with Crippen LogP contribution in [0, 0.1) is 6.92 Å². The highest BCUT2D eigenvalue weighted by molar-refractivity contribution is 6.14. The predicted octanol–water partition coefficient (Wildman–Crippen LogP) is 7.40. The van der Waals surface area contributed by atoms with E-state index >= 15 is 0 Å². The normalized spacial score (nSPS) is 16.1. The van der Waals surface area contributed by atoms with Crippen molar-refractivity contribution in [1.29, 1.82) is 0 Å². The van der Waals surface area contributed by atoms with E-state index in [1.54, 1.807) is 0 Å². The van der Waals surface area contributed by atoms with Crippen molar-refractivity contribution >= 4 is 27.3 Å². The molecular formula is C32H35N2O+. The Balaban J connectivity index is 1.95. The number of hydrogen-bond acceptors (Lipinski definition) is 1. The fraction of sp³-hybridized carbons (Fsp3) is 0.344. The van der Waals surface area contributed by atoms with Gasteiger partial charge >= 0.3 is 0 Å². The molecular weight excluding hydrogens is 428 g/mol. The number of nitrogens with zero attached hydrogens (tertiary/aromatic N) is 2. The van der Waals surface area contributed by atoms with E-state index in [-0.39, 0.29) is 16.9 Å². The Hall–Kier alpha value is -3.33. The summed E-state index contributed by atoms with van der Waals surface area (Å²) in [4.78, 5) is 0. The van der Waals surface area contributed by atoms with Gasteiger partial charge in [-0.3, -0.25) is 0 Å². The zero-order chi connectivity index (χ0) is 24.9. The molecule has 0 aliphatic carbocycles. The van der Waals surface area contributed by atoms with E-state index in [1.165, 1.54) is 55.4 Å². The van der Waals surface area contributed by atoms with Gasteiger partial charge in [0.1, 0.15) is 11.3 Å². The van der Waals surface area contributed by atoms with E-state index in [9.17, 15) is 0 Å². The molecule has 3 nitrogen and oxygen atoms in total. The molecule has 0 radical (unpaired) electrons. The Bertz CT molecular complexity index is 1650. The standard InChI is InChI=1S/C32H35N2O/c1-19(2)35-25-18-17-22-23-15-12-16-24-28(23)34-29(32(6,7)31(24,4)5)27(21-13-10-9-11-14-21)33(8)30(34)26(22)20(25)3/h9-19H,1-8H3/q+1. The number of pyridine rings is 1. The maximum atomic E-state index is 6.27. The molecule has 6 rings (SSSR count). The third kappa shape index (κ3) is 2.70. The van der Waals surface area contributed by atoms with Gasteiger partial charge in [0.2, 0.25) is 0 Å². The van der Waals surface area contributed by atoms with Gasteiger partial charge in [-0.25, -0.2) is 4.57 Å². The molecule has 0 N–H and O–H groups in total. The van der Waals surface area contributed by atoms with Gasteiger partial charge in [0, 0.05) is 38.3 Å². The summed E-state index contributed by atoms with van der Waals surface area (Å²) in [5, 5.41) is 3.87. The molecule has 35 heavy (non-hydrogen) atoms. The van der Waals surface area contributed by atoms with Crippen LogP contribution in [0.1, 0.15) is 58.4 Å². The van der Waals surface area contributed by atoms with Crippen LogP contribution in [0.2, 0.25) is 0 Å². The molecule has 0 bridgehead atoms. The van der Waals surface area contributed by atoms with Crippen LogP contribution in [0.25, 0.3) is 38.6 Å². The van der Waals surface area contributed by atoms with E-state index in [2.05, 4.69) is 125 Å². The Labute approximate surface area is 208 Å². The maximum Gasteiger partial charge on any atom is 0.295 e. The second-order valence-corrected chi connectivity index (χ2v) is 11.5. The van der Waals surface area contributed by atoms with Crippen molar-refractivity contribution < 1.29 is 9.30 Å². The van der Waals surface area contributed by atoms with Crippen LogP contribution in [0.4, 0.5) is 0 Å². The van der Waals surface area contributed by atoms with Gasteiger partial charge in [0.05, 0.1) is 18.5 Å². The smallest absolute Gasteiger partial charge is 0.295 e. The van der Waals surface area contributed by atoms with Crippen molar-refractivity contribution in [2.75, 3.05) is 0 Å². The van der Waals surface area contributed by atoms with Gasteiger partial charge in [0.15, 0.2) is 11.4 Å². The summed E-state index contributed by atoms with van der Waals surface area (Å²) in [5.74, 6) is 0.963. The van der Waals surface area contributed by atoms with Gasteiger partial charge < -0.3 is 4.74 Å². The van der Waals surface area contributed by atoms with Crippen LogP contribution in [0.15, 0.2) is 60.7 Å². The average molecular weight is 464 g/mol. The lowest BCUT2D eigenvalue weighted by molar-refractivity contribution is -0.632. The Morgan fingerprint density at radius 1 is 0.829 bits per heavy atom. The van der Waals surface area contributed by atoms with Crippen LogP contribution >= 0.6 is 0 Å². The first kappa shape index (κ1) is 22.2. The largest absolute Gasteiger partial charge is 0.491 e. The summed E-state index contributed by atoms with van der Waals surface area (Å²) in [6, 6.07) is 22.2. The molecule has 1 aliphatic heterocycles. The molecule has 0 atom stereocenters. The molecule has 0 fully saturated rings. The molecule has 0 unspecified atom stereocenters. The minimum absolute atomic E-state index is 0.0479. The third-order valence-electron chi connectivity index (χ3n) is 8.74. The highest BCUT2D eigenvalue weighted by Crippen LogP contribution is 2.53. The summed E-state index contributed by atoms with van der Waals surface area (Å²) in [7, 11) is 2.23. The SMILES string of the molecule is Cc1c(OC(C)C)ccc2c3cccc4c3n3c(c(-c5ccccc5)[n+](C)c3c12)C(C)(C)C4(C)C. The Morgan fingerprint density at radius 3 is 2.23 bits per heavy atom. The topological polar surface area (TPSA) is 17.5 Å². The zero-order valence-electron chi connectivity index (χ0n) is 22.2. The highest BCUT2D eigenvalue weighted by Gasteiger charge is 2.52. The fourth-order valence-corrected chi connectivity index (χ4v) is 6.35. The van der Waals surface area contributed by atoms with E-state index in [4.69, 9.17) is 4.74 Å². The second-order valence-electron chi connectivity index (χ2n) is 11.5. The van der Waals surface area contributed by atoms with Gasteiger partial charge in [-0.15, -0.1) is 0 Å². The van der Waals surface area contributed by atoms with Crippen LogP contribution in [0.3, 0.4) is 0 Å². The number of aromatic nitrogens is 2. The number of hydrogen-bond donors (Lipinski definition) is 0. The minimum atomic E-state index is -0.0999. The van der Waals surface area contributed by atoms with Crippen LogP contribution in [0.5, 0.6) is 5.75 Å². The number of benzene rings is 3. The third-order valence-corrected chi connectivity index (χ3v) is 8.74. The first-order chi connectivity index (χ1) is 16.6. The first-order valence-corrected chi connectivity index (χ1v) is 12.7. The Morgan fingerprint density at radius 2 is 1.54 bits per heavy atom. The van der Waals surface area contributed by atoms with Crippen LogP contribution in [-0.4, -0.2) is 10.5 Å². The lowest BCUT2D eigenvalue weighted by Gasteiger charge is -2.43. The molecule has 1 aliphatic rings. The number of aryl methyl sites for hydroxylation is 2. The molecule has 3 heteroatoms. The monoisotopic (exact) mass is 463 g/mol. The molecule has 0 saturated carbocycles. The van der Waals surface area contributed by atoms with E-state index in [0.29, 0.717) is 0 Å². The molecule has 0 amide bonds. The van der Waals surface area contributed by atoms with Crippen molar-refractivity contribution in [1.82, 2.24) is 4.40 Å². The molecule has 0 saturated heterocycles. The molecule has 178 valence electrons. The summed E-state index contributed by atoms with van der Waals surface area (Å²) in [5.41, 5.74) is 8.97. The lowest BCUT2D eigenvalue weighted by Crippen LogP contribution is -2.44. The van der Waals surface area contributed by atoms with Gasteiger partial charge in [-0.1, -0.05) is 76.2 Å². The van der Waals surface area contributed by atoms with Gasteiger partial charge in [0.25, 0.3) is 5.65 Å². The number of imidazole rings is 1. The molecule has 3 heterocycles. The first-order valence-electron chi connectivity index (χ1n) is 12.7. The minimum Gasteiger partial charge on any atom is -0.491 e. The van der Waals surface area contributed by atoms with Crippen molar-refractivity contribution in [2.45, 2.75) is 65.4 Å². The van der Waals surface area contributed by atoms with E-state index < -0.39 is 0 Å². The highest BCUT2D eigenvalue weighted by atomic mass is 16.5. The van der Waals surface area contributed by atoms with Gasteiger partial charge in [-0.2, -0.15) is 4.40 Å². The van der Waals surface area contributed by atoms with Crippen molar-refractivity contribution in [2.24, 2.45) is 7.05 Å². The second kappa shape index (κ2) is 7.10. The van der Waals surface area contributed by atoms with E-state index in [1.807, 2.05) is 0 Å². The Kier molecular flexibility index (Phi) is 4.49. The number of ether oxygens (including phenoxy) is 1. The van der Waals surface area contributed by atoms with Crippen molar-refractivity contribution in [3.8, 4) is 17.0 Å². The lowest BCUT2D eigenvalue weighted by atomic mass is 9.60. The average Bonchev–Trinajstić information content (AvgIpc) is 3.13. The number of rotatable bonds is 3. The van der Waals surface area contributed by atoms with Crippen LogP contribution in [-0.2, 0) is 17.9 Å². The number of para-hydroxylation sites is 1. The molecule has 5 aromatic rings. The zero-order valence-corrected chi connectivity index (χ0v) is 22.2. The predicted molar refractivity (Wildman–Crippen MR) is 146 cm³/mol. The summed E-state index contributed by atoms with van der Waals surface area (Å²) < 4.78 is 11.3. The summed E-state index contributed by atoms with van der Waals surface area (Å²) >= 11 is 0. The molecule has 0 spiro atoms.